The van der Waals surface area contributed by atoms with E-state index >= 15 is 0 Å². The van der Waals surface area contributed by atoms with Crippen LogP contribution in [0.15, 0.2) is 30.3 Å². The van der Waals surface area contributed by atoms with Crippen molar-refractivity contribution in [3.05, 3.63) is 35.9 Å². The fraction of sp³-hybridized carbons (Fsp3) is 0.500. The fourth-order valence-electron chi connectivity index (χ4n) is 3.23. The minimum atomic E-state index is -0.554. The van der Waals surface area contributed by atoms with Gasteiger partial charge in [-0.25, -0.2) is 0 Å². The first-order valence-corrected chi connectivity index (χ1v) is 7.80. The van der Waals surface area contributed by atoms with Crippen LogP contribution in [-0.2, 0) is 20.9 Å². The van der Waals surface area contributed by atoms with Crippen LogP contribution in [0.1, 0.15) is 51.5 Å². The molecule has 0 heterocycles. The highest BCUT2D eigenvalue weighted by Crippen LogP contribution is 2.42. The molecule has 0 aliphatic heterocycles. The molecular formula is C18H23NO3. The molecule has 0 N–H and O–H groups in total. The number of carbonyl (C=O) groups excluding carboxylic acids is 3. The minimum Gasteiger partial charge on any atom is -0.299 e. The highest BCUT2D eigenvalue weighted by atomic mass is 16.2. The van der Waals surface area contributed by atoms with Crippen molar-refractivity contribution in [2.75, 3.05) is 0 Å². The lowest BCUT2D eigenvalue weighted by atomic mass is 9.78. The molecule has 1 aromatic carbocycles. The van der Waals surface area contributed by atoms with Gasteiger partial charge in [0.25, 0.3) is 0 Å². The van der Waals surface area contributed by atoms with Gasteiger partial charge in [0.15, 0.2) is 0 Å². The molecule has 2 amide bonds. The molecule has 1 saturated carbocycles. The fourth-order valence-corrected chi connectivity index (χ4v) is 3.23. The number of benzene rings is 1. The van der Waals surface area contributed by atoms with E-state index in [9.17, 15) is 14.4 Å². The third-order valence-electron chi connectivity index (χ3n) is 4.66. The van der Waals surface area contributed by atoms with Crippen LogP contribution in [0.5, 0.6) is 0 Å². The van der Waals surface area contributed by atoms with Crippen LogP contribution >= 0.6 is 0 Å². The van der Waals surface area contributed by atoms with E-state index in [1.807, 2.05) is 30.3 Å². The number of ketones is 1. The molecule has 1 aliphatic rings. The molecule has 0 spiro atoms. The van der Waals surface area contributed by atoms with E-state index in [2.05, 4.69) is 0 Å². The monoisotopic (exact) mass is 301 g/mol. The molecule has 4 heteroatoms. The van der Waals surface area contributed by atoms with E-state index in [0.29, 0.717) is 0 Å². The number of nitrogens with zero attached hydrogens (tertiary/aromatic N) is 1. The average molecular weight is 301 g/mol. The Kier molecular flexibility index (Phi) is 5.11. The average Bonchev–Trinajstić information content (AvgIpc) is 2.95. The summed E-state index contributed by atoms with van der Waals surface area (Å²) in [6, 6.07) is 9.43. The highest BCUT2D eigenvalue weighted by molar-refractivity contribution is 5.97. The first kappa shape index (κ1) is 16.4. The summed E-state index contributed by atoms with van der Waals surface area (Å²) in [6.07, 6.45) is 3.61. The molecule has 0 unspecified atom stereocenters. The number of imide groups is 1. The molecule has 0 atom stereocenters. The van der Waals surface area contributed by atoms with Gasteiger partial charge in [-0.3, -0.25) is 19.3 Å². The van der Waals surface area contributed by atoms with Crippen molar-refractivity contribution in [3.8, 4) is 0 Å². The smallest absolute Gasteiger partial charge is 0.230 e. The van der Waals surface area contributed by atoms with Crippen LogP contribution in [0.4, 0.5) is 0 Å². The lowest BCUT2D eigenvalue weighted by Crippen LogP contribution is -2.39. The summed E-state index contributed by atoms with van der Waals surface area (Å²) in [5, 5.41) is 0. The summed E-state index contributed by atoms with van der Waals surface area (Å²) in [5.74, 6) is -0.444. The number of hydrogen-bond donors (Lipinski definition) is 0. The normalized spacial score (nSPS) is 16.3. The maximum Gasteiger partial charge on any atom is 0.230 e. The van der Waals surface area contributed by atoms with Crippen molar-refractivity contribution in [1.29, 1.82) is 0 Å². The molecule has 118 valence electrons. The quantitative estimate of drug-likeness (QED) is 0.839. The first-order chi connectivity index (χ1) is 10.4. The van der Waals surface area contributed by atoms with Gasteiger partial charge >= 0.3 is 0 Å². The van der Waals surface area contributed by atoms with Crippen LogP contribution in [0, 0.1) is 5.41 Å². The molecule has 22 heavy (non-hydrogen) atoms. The number of carbonyl (C=O) groups is 3. The summed E-state index contributed by atoms with van der Waals surface area (Å²) >= 11 is 0. The Bertz CT molecular complexity index is 559. The van der Waals surface area contributed by atoms with Gasteiger partial charge in [0.2, 0.25) is 11.8 Å². The standard InChI is InChI=1S/C18H23NO3/c1-14(20)18(10-6-7-11-18)12-17(22)19(15(2)21)13-16-8-4-3-5-9-16/h3-5,8-9H,6-7,10-13H2,1-2H3. The van der Waals surface area contributed by atoms with Gasteiger partial charge in [-0.05, 0) is 25.3 Å². The Labute approximate surface area is 131 Å². The lowest BCUT2D eigenvalue weighted by Gasteiger charge is -2.28. The summed E-state index contributed by atoms with van der Waals surface area (Å²) in [5.41, 5.74) is 0.357. The largest absolute Gasteiger partial charge is 0.299 e. The second-order valence-corrected chi connectivity index (χ2v) is 6.20. The van der Waals surface area contributed by atoms with E-state index in [4.69, 9.17) is 0 Å². The van der Waals surface area contributed by atoms with Gasteiger partial charge in [-0.15, -0.1) is 0 Å². The summed E-state index contributed by atoms with van der Waals surface area (Å²) < 4.78 is 0. The molecule has 1 fully saturated rings. The van der Waals surface area contributed by atoms with Crippen LogP contribution < -0.4 is 0 Å². The van der Waals surface area contributed by atoms with Crippen molar-refractivity contribution >= 4 is 17.6 Å². The Balaban J connectivity index is 2.13. The van der Waals surface area contributed by atoms with E-state index in [1.54, 1.807) is 6.92 Å². The Morgan fingerprint density at radius 2 is 1.64 bits per heavy atom. The molecular weight excluding hydrogens is 278 g/mol. The topological polar surface area (TPSA) is 54.5 Å². The van der Waals surface area contributed by atoms with Crippen molar-refractivity contribution in [1.82, 2.24) is 4.90 Å². The Morgan fingerprint density at radius 1 is 1.05 bits per heavy atom. The van der Waals surface area contributed by atoms with Crippen molar-refractivity contribution in [2.45, 2.75) is 52.5 Å². The summed E-state index contributed by atoms with van der Waals surface area (Å²) in [6.45, 7) is 3.23. The zero-order valence-corrected chi connectivity index (χ0v) is 13.3. The molecule has 0 radical (unpaired) electrons. The van der Waals surface area contributed by atoms with Gasteiger partial charge in [-0.1, -0.05) is 43.2 Å². The van der Waals surface area contributed by atoms with Crippen molar-refractivity contribution in [3.63, 3.8) is 0 Å². The number of amides is 2. The molecule has 4 nitrogen and oxygen atoms in total. The van der Waals surface area contributed by atoms with E-state index < -0.39 is 5.41 Å². The van der Waals surface area contributed by atoms with Crippen LogP contribution in [0.25, 0.3) is 0 Å². The van der Waals surface area contributed by atoms with Gasteiger partial charge in [0.05, 0.1) is 6.54 Å². The number of rotatable bonds is 5. The molecule has 1 aliphatic carbocycles. The van der Waals surface area contributed by atoms with Gasteiger partial charge < -0.3 is 0 Å². The Morgan fingerprint density at radius 3 is 2.14 bits per heavy atom. The van der Waals surface area contributed by atoms with Crippen LogP contribution in [0.2, 0.25) is 0 Å². The van der Waals surface area contributed by atoms with Gasteiger partial charge in [0.1, 0.15) is 5.78 Å². The van der Waals surface area contributed by atoms with E-state index in [0.717, 1.165) is 31.2 Å². The predicted octanol–water partition coefficient (Wildman–Crippen LogP) is 3.10. The van der Waals surface area contributed by atoms with Crippen LogP contribution in [0.3, 0.4) is 0 Å². The summed E-state index contributed by atoms with van der Waals surface area (Å²) in [7, 11) is 0. The van der Waals surface area contributed by atoms with Gasteiger partial charge in [-0.2, -0.15) is 0 Å². The predicted molar refractivity (Wildman–Crippen MR) is 83.9 cm³/mol. The van der Waals surface area contributed by atoms with Crippen LogP contribution in [-0.4, -0.2) is 22.5 Å². The maximum absolute atomic E-state index is 12.6. The third kappa shape index (κ3) is 3.62. The number of Topliss-reactive ketones (excluding diaryl/α,β-unsaturated/α-hetero) is 1. The van der Waals surface area contributed by atoms with Gasteiger partial charge in [0, 0.05) is 18.8 Å². The van der Waals surface area contributed by atoms with Crippen molar-refractivity contribution in [2.24, 2.45) is 5.41 Å². The second-order valence-electron chi connectivity index (χ2n) is 6.20. The van der Waals surface area contributed by atoms with E-state index in [1.165, 1.54) is 11.8 Å². The minimum absolute atomic E-state index is 0.0709. The van der Waals surface area contributed by atoms with E-state index in [-0.39, 0.29) is 30.6 Å². The van der Waals surface area contributed by atoms with Crippen molar-refractivity contribution < 1.29 is 14.4 Å². The Hall–Kier alpha value is -1.97. The number of hydrogen-bond acceptors (Lipinski definition) is 3. The summed E-state index contributed by atoms with van der Waals surface area (Å²) in [4.78, 5) is 37.7. The molecule has 0 aromatic heterocycles. The maximum atomic E-state index is 12.6. The first-order valence-electron chi connectivity index (χ1n) is 7.80. The zero-order valence-electron chi connectivity index (χ0n) is 13.3. The molecule has 2 rings (SSSR count). The zero-order chi connectivity index (χ0) is 16.2. The second kappa shape index (κ2) is 6.86. The third-order valence-corrected chi connectivity index (χ3v) is 4.66. The molecule has 1 aromatic rings. The lowest BCUT2D eigenvalue weighted by molar-refractivity contribution is -0.148. The highest BCUT2D eigenvalue weighted by Gasteiger charge is 2.41. The molecule has 0 saturated heterocycles. The SMILES string of the molecule is CC(=O)N(Cc1ccccc1)C(=O)CC1(C(C)=O)CCCC1. The molecule has 0 bridgehead atoms.